The molecule has 146 valence electrons. The van der Waals surface area contributed by atoms with E-state index in [2.05, 4.69) is 10.3 Å². The van der Waals surface area contributed by atoms with Crippen molar-refractivity contribution >= 4 is 17.7 Å². The molecule has 1 aromatic carbocycles. The summed E-state index contributed by atoms with van der Waals surface area (Å²) in [4.78, 5) is 29.4. The first-order valence-corrected chi connectivity index (χ1v) is 9.45. The number of hydrogen-bond acceptors (Lipinski definition) is 5. The molecule has 0 fully saturated rings. The number of carbonyl (C=O) groups is 1. The minimum absolute atomic E-state index is 0.139. The highest BCUT2D eigenvalue weighted by Gasteiger charge is 2.19. The molecule has 0 bridgehead atoms. The van der Waals surface area contributed by atoms with Gasteiger partial charge in [0.1, 0.15) is 5.82 Å². The summed E-state index contributed by atoms with van der Waals surface area (Å²) in [6.45, 7) is 4.41. The maximum Gasteiger partial charge on any atom is 0.257 e. The maximum atomic E-state index is 13.1. The number of halogens is 1. The fourth-order valence-electron chi connectivity index (χ4n) is 2.48. The van der Waals surface area contributed by atoms with Crippen molar-refractivity contribution in [3.63, 3.8) is 0 Å². The Morgan fingerprint density at radius 2 is 2.04 bits per heavy atom. The average molecular weight is 393 g/mol. The summed E-state index contributed by atoms with van der Waals surface area (Å²) in [7, 11) is 3.21. The zero-order valence-electron chi connectivity index (χ0n) is 15.9. The van der Waals surface area contributed by atoms with Crippen LogP contribution in [0, 0.1) is 12.7 Å². The van der Waals surface area contributed by atoms with Gasteiger partial charge < -0.3 is 10.1 Å². The molecule has 0 aliphatic carbocycles. The molecular weight excluding hydrogens is 369 g/mol. The van der Waals surface area contributed by atoms with E-state index in [1.165, 1.54) is 28.5 Å². The van der Waals surface area contributed by atoms with Gasteiger partial charge in [0.25, 0.3) is 5.56 Å². The van der Waals surface area contributed by atoms with Crippen molar-refractivity contribution in [2.75, 3.05) is 20.3 Å². The van der Waals surface area contributed by atoms with Crippen molar-refractivity contribution < 1.29 is 13.9 Å². The van der Waals surface area contributed by atoms with Crippen molar-refractivity contribution in [1.29, 1.82) is 0 Å². The van der Waals surface area contributed by atoms with Crippen LogP contribution in [-0.4, -0.2) is 41.0 Å². The minimum Gasteiger partial charge on any atom is -0.383 e. The number of hydrogen-bond donors (Lipinski definition) is 1. The summed E-state index contributed by atoms with van der Waals surface area (Å²) in [5, 5.41) is 2.85. The number of thioether (sulfide) groups is 1. The molecule has 1 amide bonds. The lowest BCUT2D eigenvalue weighted by Crippen LogP contribution is -2.34. The summed E-state index contributed by atoms with van der Waals surface area (Å²) in [5.74, 6) is -0.453. The third kappa shape index (κ3) is 5.64. The highest BCUT2D eigenvalue weighted by atomic mass is 32.2. The van der Waals surface area contributed by atoms with Gasteiger partial charge in [-0.15, -0.1) is 0 Å². The Kier molecular flexibility index (Phi) is 7.55. The lowest BCUT2D eigenvalue weighted by molar-refractivity contribution is -0.120. The second-order valence-corrected chi connectivity index (χ2v) is 7.48. The molecule has 0 aliphatic rings. The third-order valence-corrected chi connectivity index (χ3v) is 5.24. The second-order valence-electron chi connectivity index (χ2n) is 6.17. The first kappa shape index (κ1) is 21.1. The van der Waals surface area contributed by atoms with Crippen LogP contribution in [0.2, 0.25) is 0 Å². The minimum atomic E-state index is -0.401. The predicted octanol–water partition coefficient (Wildman–Crippen LogP) is 2.06. The van der Waals surface area contributed by atoms with Crippen LogP contribution in [0.15, 0.2) is 34.2 Å². The number of ether oxygens (including phenoxy) is 1. The highest BCUT2D eigenvalue weighted by Crippen LogP contribution is 2.21. The number of aromatic nitrogens is 2. The molecule has 27 heavy (non-hydrogen) atoms. The Morgan fingerprint density at radius 1 is 1.37 bits per heavy atom. The standard InChI is InChI=1S/C19H24FN3O3S/c1-12-16(11-14-5-7-15(20)8-6-14)18(25)23(3)19(22-12)27-13(2)17(24)21-9-10-26-4/h5-8,13H,9-11H2,1-4H3,(H,21,24)/t13-/m0/s1. The van der Waals surface area contributed by atoms with Crippen LogP contribution in [0.5, 0.6) is 0 Å². The van der Waals surface area contributed by atoms with Gasteiger partial charge in [-0.25, -0.2) is 9.37 Å². The van der Waals surface area contributed by atoms with Crippen LogP contribution in [0.25, 0.3) is 0 Å². The maximum absolute atomic E-state index is 13.1. The molecule has 2 aromatic rings. The van der Waals surface area contributed by atoms with Crippen molar-refractivity contribution in [3.05, 3.63) is 57.3 Å². The Balaban J connectivity index is 2.17. The van der Waals surface area contributed by atoms with Crippen LogP contribution in [0.3, 0.4) is 0 Å². The molecule has 0 unspecified atom stereocenters. The lowest BCUT2D eigenvalue weighted by atomic mass is 10.1. The molecule has 0 saturated heterocycles. The molecule has 1 atom stereocenters. The number of methoxy groups -OCH3 is 1. The zero-order valence-corrected chi connectivity index (χ0v) is 16.7. The van der Waals surface area contributed by atoms with Gasteiger partial charge >= 0.3 is 0 Å². The number of amides is 1. The summed E-state index contributed by atoms with van der Waals surface area (Å²) in [5.41, 5.74) is 1.84. The van der Waals surface area contributed by atoms with Crippen LogP contribution >= 0.6 is 11.8 Å². The van der Waals surface area contributed by atoms with Crippen LogP contribution < -0.4 is 10.9 Å². The van der Waals surface area contributed by atoms with Crippen LogP contribution in [0.4, 0.5) is 4.39 Å². The van der Waals surface area contributed by atoms with E-state index in [1.807, 2.05) is 0 Å². The zero-order chi connectivity index (χ0) is 20.0. The second kappa shape index (κ2) is 9.66. The van der Waals surface area contributed by atoms with E-state index in [-0.39, 0.29) is 17.3 Å². The number of aryl methyl sites for hydroxylation is 1. The number of nitrogens with zero attached hydrogens (tertiary/aromatic N) is 2. The van der Waals surface area contributed by atoms with Crippen molar-refractivity contribution in [2.45, 2.75) is 30.7 Å². The van der Waals surface area contributed by atoms with Gasteiger partial charge in [-0.1, -0.05) is 23.9 Å². The normalized spacial score (nSPS) is 12.0. The highest BCUT2D eigenvalue weighted by molar-refractivity contribution is 8.00. The SMILES string of the molecule is COCCNC(=O)[C@H](C)Sc1nc(C)c(Cc2ccc(F)cc2)c(=O)n1C. The van der Waals surface area contributed by atoms with Crippen LogP contribution in [-0.2, 0) is 23.0 Å². The van der Waals surface area contributed by atoms with Gasteiger partial charge in [-0.05, 0) is 31.5 Å². The first-order valence-electron chi connectivity index (χ1n) is 8.57. The molecule has 0 aliphatic heterocycles. The van der Waals surface area contributed by atoms with E-state index in [1.54, 1.807) is 40.1 Å². The van der Waals surface area contributed by atoms with E-state index >= 15 is 0 Å². The Labute approximate surface area is 162 Å². The van der Waals surface area contributed by atoms with Crippen molar-refractivity contribution in [1.82, 2.24) is 14.9 Å². The fourth-order valence-corrected chi connectivity index (χ4v) is 3.41. The Hall–Kier alpha value is -2.19. The molecule has 0 spiro atoms. The molecule has 6 nitrogen and oxygen atoms in total. The molecule has 2 rings (SSSR count). The summed E-state index contributed by atoms with van der Waals surface area (Å²) in [6, 6.07) is 6.06. The van der Waals surface area contributed by atoms with E-state index < -0.39 is 5.25 Å². The molecule has 1 heterocycles. The Bertz CT molecular complexity index is 853. The molecule has 1 N–H and O–H groups in total. The van der Waals surface area contributed by atoms with Gasteiger partial charge in [0.2, 0.25) is 5.91 Å². The van der Waals surface area contributed by atoms with E-state index in [4.69, 9.17) is 4.74 Å². The van der Waals surface area contributed by atoms with Gasteiger partial charge in [0, 0.05) is 38.4 Å². The van der Waals surface area contributed by atoms with Gasteiger partial charge in [-0.3, -0.25) is 14.2 Å². The Morgan fingerprint density at radius 3 is 2.67 bits per heavy atom. The number of carbonyl (C=O) groups excluding carboxylic acids is 1. The van der Waals surface area contributed by atoms with Gasteiger partial charge in [-0.2, -0.15) is 0 Å². The quantitative estimate of drug-likeness (QED) is 0.422. The summed E-state index contributed by atoms with van der Waals surface area (Å²) in [6.07, 6.45) is 0.379. The smallest absolute Gasteiger partial charge is 0.257 e. The van der Waals surface area contributed by atoms with E-state index in [0.29, 0.717) is 36.0 Å². The first-order chi connectivity index (χ1) is 12.8. The van der Waals surface area contributed by atoms with Crippen molar-refractivity contribution in [2.24, 2.45) is 7.05 Å². The molecule has 8 heteroatoms. The predicted molar refractivity (Wildman–Crippen MR) is 104 cm³/mol. The van der Waals surface area contributed by atoms with Crippen molar-refractivity contribution in [3.8, 4) is 0 Å². The summed E-state index contributed by atoms with van der Waals surface area (Å²) >= 11 is 1.23. The van der Waals surface area contributed by atoms with Gasteiger partial charge in [0.05, 0.1) is 11.9 Å². The van der Waals surface area contributed by atoms with Gasteiger partial charge in [0.15, 0.2) is 5.16 Å². The number of benzene rings is 1. The number of rotatable bonds is 8. The van der Waals surface area contributed by atoms with Crippen LogP contribution in [0.1, 0.15) is 23.7 Å². The molecule has 0 radical (unpaired) electrons. The average Bonchev–Trinajstić information content (AvgIpc) is 2.64. The summed E-state index contributed by atoms with van der Waals surface area (Å²) < 4.78 is 19.4. The molecule has 1 aromatic heterocycles. The topological polar surface area (TPSA) is 73.2 Å². The molecule has 0 saturated carbocycles. The van der Waals surface area contributed by atoms with E-state index in [0.717, 1.165) is 5.56 Å². The largest absolute Gasteiger partial charge is 0.383 e. The third-order valence-electron chi connectivity index (χ3n) is 4.10. The number of nitrogens with one attached hydrogen (secondary N) is 1. The monoisotopic (exact) mass is 393 g/mol. The molecular formula is C19H24FN3O3S. The fraction of sp³-hybridized carbons (Fsp3) is 0.421. The lowest BCUT2D eigenvalue weighted by Gasteiger charge is -2.15. The van der Waals surface area contributed by atoms with E-state index in [9.17, 15) is 14.0 Å².